The van der Waals surface area contributed by atoms with Crippen LogP contribution in [0.4, 0.5) is 0 Å². The molecule has 174 valence electrons. The van der Waals surface area contributed by atoms with E-state index in [0.29, 0.717) is 18.5 Å². The van der Waals surface area contributed by atoms with Crippen molar-refractivity contribution in [3.63, 3.8) is 0 Å². The van der Waals surface area contributed by atoms with Gasteiger partial charge in [0.2, 0.25) is 11.8 Å². The van der Waals surface area contributed by atoms with Crippen molar-refractivity contribution in [1.29, 1.82) is 0 Å². The first-order chi connectivity index (χ1) is 15.6. The largest absolute Gasteiger partial charge is 0.322 e. The van der Waals surface area contributed by atoms with Gasteiger partial charge in [-0.05, 0) is 55.8 Å². The zero-order valence-electron chi connectivity index (χ0n) is 18.4. The monoisotopic (exact) mass is 522 g/mol. The lowest BCUT2D eigenvalue weighted by Crippen LogP contribution is -2.52. The molecule has 3 amide bonds. The molecule has 3 heterocycles. The Bertz CT molecular complexity index is 860. The van der Waals surface area contributed by atoms with Gasteiger partial charge in [0.15, 0.2) is 0 Å². The van der Waals surface area contributed by atoms with Crippen molar-refractivity contribution in [2.75, 3.05) is 50.4 Å². The molecule has 1 unspecified atom stereocenters. The van der Waals surface area contributed by atoms with Crippen LogP contribution in [0.3, 0.4) is 0 Å². The Morgan fingerprint density at radius 1 is 1.03 bits per heavy atom. The van der Waals surface area contributed by atoms with Crippen molar-refractivity contribution in [2.24, 2.45) is 0 Å². The van der Waals surface area contributed by atoms with Crippen LogP contribution in [0.2, 0.25) is 0 Å². The van der Waals surface area contributed by atoms with Crippen LogP contribution in [-0.4, -0.2) is 88.8 Å². The Morgan fingerprint density at radius 3 is 2.44 bits per heavy atom. The molecule has 0 spiro atoms. The van der Waals surface area contributed by atoms with Gasteiger partial charge in [0.25, 0.3) is 5.91 Å². The molecule has 2 fully saturated rings. The van der Waals surface area contributed by atoms with Gasteiger partial charge in [-0.2, -0.15) is 0 Å². The summed E-state index contributed by atoms with van der Waals surface area (Å²) in [6.45, 7) is 7.33. The van der Waals surface area contributed by atoms with Crippen LogP contribution in [0.15, 0.2) is 23.1 Å². The number of thioether (sulfide) groups is 1. The van der Waals surface area contributed by atoms with Gasteiger partial charge in [-0.15, -0.1) is 11.8 Å². The Morgan fingerprint density at radius 2 is 1.75 bits per heavy atom. The standard InChI is InChI=1S/C23H31BrN4O3S/c24-8-2-9-26-11-13-27(14-12-26)10-3-15-32-20-5-1-4-17-18(20)16-28(23(17)31)19-6-7-21(29)25-22(19)30/h1,4-5,19H,2-3,6-16H2,(H,25,29,30). The predicted molar refractivity (Wildman–Crippen MR) is 129 cm³/mol. The lowest BCUT2D eigenvalue weighted by Gasteiger charge is -2.34. The Hall–Kier alpha value is -1.42. The van der Waals surface area contributed by atoms with Crippen molar-refractivity contribution < 1.29 is 14.4 Å². The quantitative estimate of drug-likeness (QED) is 0.232. The second-order valence-electron chi connectivity index (χ2n) is 8.61. The molecule has 1 N–H and O–H groups in total. The average Bonchev–Trinajstić information content (AvgIpc) is 3.13. The van der Waals surface area contributed by atoms with Gasteiger partial charge in [-0.3, -0.25) is 19.7 Å². The molecule has 1 aromatic carbocycles. The minimum absolute atomic E-state index is 0.102. The molecule has 0 bridgehead atoms. The fourth-order valence-electron chi connectivity index (χ4n) is 4.68. The number of piperazine rings is 1. The highest BCUT2D eigenvalue weighted by molar-refractivity contribution is 9.09. The van der Waals surface area contributed by atoms with Gasteiger partial charge in [0.1, 0.15) is 6.04 Å². The Balaban J connectivity index is 1.26. The molecular formula is C23H31BrN4O3S. The molecule has 3 aliphatic rings. The normalized spacial score (nSPS) is 22.3. The number of hydrogen-bond donors (Lipinski definition) is 1. The molecule has 9 heteroatoms. The van der Waals surface area contributed by atoms with Crippen LogP contribution < -0.4 is 5.32 Å². The van der Waals surface area contributed by atoms with Crippen molar-refractivity contribution in [2.45, 2.75) is 43.2 Å². The molecule has 1 aromatic rings. The zero-order valence-corrected chi connectivity index (χ0v) is 20.8. The number of fused-ring (bicyclic) bond motifs is 1. The Kier molecular flexibility index (Phi) is 8.26. The number of nitrogens with one attached hydrogen (secondary N) is 1. The number of alkyl halides is 1. The lowest BCUT2D eigenvalue weighted by atomic mass is 10.0. The van der Waals surface area contributed by atoms with Crippen LogP contribution in [0.25, 0.3) is 0 Å². The topological polar surface area (TPSA) is 73.0 Å². The maximum atomic E-state index is 12.9. The first kappa shape index (κ1) is 23.7. The van der Waals surface area contributed by atoms with E-state index in [4.69, 9.17) is 0 Å². The highest BCUT2D eigenvalue weighted by Gasteiger charge is 2.39. The van der Waals surface area contributed by atoms with Crippen LogP contribution in [0, 0.1) is 0 Å². The minimum Gasteiger partial charge on any atom is -0.322 e. The number of rotatable bonds is 9. The van der Waals surface area contributed by atoms with E-state index < -0.39 is 6.04 Å². The maximum absolute atomic E-state index is 12.9. The number of carbonyl (C=O) groups excluding carboxylic acids is 3. The van der Waals surface area contributed by atoms with E-state index in [1.807, 2.05) is 12.1 Å². The summed E-state index contributed by atoms with van der Waals surface area (Å²) in [7, 11) is 0. The Labute approximate surface area is 202 Å². The SMILES string of the molecule is O=C1CCC(N2Cc3c(SCCCN4CCN(CCCBr)CC4)cccc3C2=O)C(=O)N1. The van der Waals surface area contributed by atoms with Crippen LogP contribution >= 0.6 is 27.7 Å². The lowest BCUT2D eigenvalue weighted by molar-refractivity contribution is -0.136. The van der Waals surface area contributed by atoms with Gasteiger partial charge >= 0.3 is 0 Å². The molecule has 0 saturated carbocycles. The summed E-state index contributed by atoms with van der Waals surface area (Å²) >= 11 is 5.31. The van der Waals surface area contributed by atoms with Gasteiger partial charge in [0, 0.05) is 54.9 Å². The summed E-state index contributed by atoms with van der Waals surface area (Å²) < 4.78 is 0. The van der Waals surface area contributed by atoms with Gasteiger partial charge in [-0.25, -0.2) is 0 Å². The fourth-order valence-corrected chi connectivity index (χ4v) is 5.95. The molecule has 0 radical (unpaired) electrons. The highest BCUT2D eigenvalue weighted by Crippen LogP contribution is 2.34. The number of benzene rings is 1. The molecular weight excluding hydrogens is 492 g/mol. The van der Waals surface area contributed by atoms with Crippen molar-refractivity contribution in [3.8, 4) is 0 Å². The van der Waals surface area contributed by atoms with Gasteiger partial charge in [0.05, 0.1) is 0 Å². The number of carbonyl (C=O) groups is 3. The summed E-state index contributed by atoms with van der Waals surface area (Å²) in [6.07, 6.45) is 3.00. The molecule has 2 saturated heterocycles. The van der Waals surface area contributed by atoms with Crippen LogP contribution in [-0.2, 0) is 16.1 Å². The van der Waals surface area contributed by atoms with E-state index in [1.165, 1.54) is 13.0 Å². The third-order valence-electron chi connectivity index (χ3n) is 6.49. The predicted octanol–water partition coefficient (Wildman–Crippen LogP) is 2.33. The second kappa shape index (κ2) is 11.1. The van der Waals surface area contributed by atoms with E-state index in [2.05, 4.69) is 37.1 Å². The summed E-state index contributed by atoms with van der Waals surface area (Å²) in [4.78, 5) is 44.5. The molecule has 3 aliphatic heterocycles. The highest BCUT2D eigenvalue weighted by atomic mass is 79.9. The molecule has 0 aliphatic carbocycles. The number of hydrogen-bond acceptors (Lipinski definition) is 6. The molecule has 1 atom stereocenters. The van der Waals surface area contributed by atoms with E-state index in [0.717, 1.165) is 60.7 Å². The van der Waals surface area contributed by atoms with Crippen molar-refractivity contribution in [1.82, 2.24) is 20.0 Å². The van der Waals surface area contributed by atoms with E-state index >= 15 is 0 Å². The smallest absolute Gasteiger partial charge is 0.255 e. The number of halogens is 1. The minimum atomic E-state index is -0.557. The summed E-state index contributed by atoms with van der Waals surface area (Å²) in [5.74, 6) is 0.290. The van der Waals surface area contributed by atoms with E-state index in [-0.39, 0.29) is 24.1 Å². The van der Waals surface area contributed by atoms with Gasteiger partial charge < -0.3 is 14.7 Å². The third-order valence-corrected chi connectivity index (χ3v) is 8.24. The van der Waals surface area contributed by atoms with Gasteiger partial charge in [-0.1, -0.05) is 22.0 Å². The number of piperidine rings is 1. The van der Waals surface area contributed by atoms with E-state index in [1.54, 1.807) is 16.7 Å². The number of amides is 3. The fraction of sp³-hybridized carbons (Fsp3) is 0.609. The molecule has 32 heavy (non-hydrogen) atoms. The van der Waals surface area contributed by atoms with E-state index in [9.17, 15) is 14.4 Å². The number of nitrogens with zero attached hydrogens (tertiary/aromatic N) is 3. The average molecular weight is 523 g/mol. The zero-order chi connectivity index (χ0) is 22.5. The third kappa shape index (κ3) is 5.55. The van der Waals surface area contributed by atoms with Crippen molar-refractivity contribution >= 4 is 45.4 Å². The van der Waals surface area contributed by atoms with Crippen molar-refractivity contribution in [3.05, 3.63) is 29.3 Å². The summed E-state index contributed by atoms with van der Waals surface area (Å²) in [5.41, 5.74) is 1.71. The summed E-state index contributed by atoms with van der Waals surface area (Å²) in [5, 5.41) is 3.44. The molecule has 4 rings (SSSR count). The first-order valence-corrected chi connectivity index (χ1v) is 13.6. The first-order valence-electron chi connectivity index (χ1n) is 11.5. The van der Waals surface area contributed by atoms with Crippen LogP contribution in [0.1, 0.15) is 41.6 Å². The second-order valence-corrected chi connectivity index (χ2v) is 10.5. The molecule has 7 nitrogen and oxygen atoms in total. The number of imide groups is 1. The maximum Gasteiger partial charge on any atom is 0.255 e. The van der Waals surface area contributed by atoms with Crippen LogP contribution in [0.5, 0.6) is 0 Å². The summed E-state index contributed by atoms with van der Waals surface area (Å²) in [6, 6.07) is 5.30. The molecule has 0 aromatic heterocycles.